The van der Waals surface area contributed by atoms with Gasteiger partial charge in [-0.3, -0.25) is 4.79 Å². The minimum atomic E-state index is -0.440. The fourth-order valence-electron chi connectivity index (χ4n) is 3.03. The lowest BCUT2D eigenvalue weighted by Gasteiger charge is -2.19. The number of hydrogen-bond donors (Lipinski definition) is 2. The molecular formula is C16H23ClN2O3. The first-order chi connectivity index (χ1) is 10.1. The lowest BCUT2D eigenvalue weighted by atomic mass is 9.95. The van der Waals surface area contributed by atoms with Gasteiger partial charge in [0.25, 0.3) is 0 Å². The summed E-state index contributed by atoms with van der Waals surface area (Å²) in [5.74, 6) is -0.332. The number of hydrogen-bond acceptors (Lipinski definition) is 4. The van der Waals surface area contributed by atoms with Crippen LogP contribution in [0.3, 0.4) is 0 Å². The maximum Gasteiger partial charge on any atom is 0.340 e. The molecule has 0 aliphatic heterocycles. The Morgan fingerprint density at radius 3 is 2.73 bits per heavy atom. The summed E-state index contributed by atoms with van der Waals surface area (Å²) in [6.07, 6.45) is 2.87. The molecule has 1 amide bonds. The van der Waals surface area contributed by atoms with E-state index in [1.807, 2.05) is 19.1 Å². The lowest BCUT2D eigenvalue weighted by molar-refractivity contribution is -0.120. The fourth-order valence-corrected chi connectivity index (χ4v) is 3.03. The molecule has 0 heterocycles. The molecule has 2 atom stereocenters. The smallest absolute Gasteiger partial charge is 0.340 e. The van der Waals surface area contributed by atoms with Crippen molar-refractivity contribution in [3.05, 3.63) is 29.3 Å². The molecule has 1 aliphatic rings. The summed E-state index contributed by atoms with van der Waals surface area (Å²) >= 11 is 0. The standard InChI is InChI=1S/C16H22N2O3.ClH/c1-10-5-3-8-13(14(10)16(20)21-2)18-15(19)12-7-4-6-11(12)9-17;/h3,5,8,11-12H,4,6-7,9,17H2,1-2H3,(H,18,19);1H/t11-,12-;/m1./s1. The van der Waals surface area contributed by atoms with Gasteiger partial charge in [0.15, 0.2) is 0 Å². The number of nitrogens with one attached hydrogen (secondary N) is 1. The number of amides is 1. The molecule has 5 nitrogen and oxygen atoms in total. The number of anilines is 1. The Labute approximate surface area is 137 Å². The molecule has 6 heteroatoms. The minimum Gasteiger partial charge on any atom is -0.465 e. The van der Waals surface area contributed by atoms with Crippen LogP contribution >= 0.6 is 12.4 Å². The van der Waals surface area contributed by atoms with Crippen LogP contribution in [-0.4, -0.2) is 25.5 Å². The predicted octanol–water partition coefficient (Wildman–Crippen LogP) is 2.52. The minimum absolute atomic E-state index is 0. The largest absolute Gasteiger partial charge is 0.465 e. The van der Waals surface area contributed by atoms with Crippen LogP contribution in [0.2, 0.25) is 0 Å². The van der Waals surface area contributed by atoms with Crippen LogP contribution in [-0.2, 0) is 9.53 Å². The number of rotatable bonds is 4. The molecule has 122 valence electrons. The van der Waals surface area contributed by atoms with Gasteiger partial charge in [-0.2, -0.15) is 0 Å². The van der Waals surface area contributed by atoms with Crippen LogP contribution in [0.15, 0.2) is 18.2 Å². The molecule has 0 unspecified atom stereocenters. The van der Waals surface area contributed by atoms with Crippen LogP contribution in [0, 0.1) is 18.8 Å². The van der Waals surface area contributed by atoms with Gasteiger partial charge in [0, 0.05) is 5.92 Å². The molecule has 0 aromatic heterocycles. The zero-order valence-electron chi connectivity index (χ0n) is 12.9. The van der Waals surface area contributed by atoms with Crippen molar-refractivity contribution >= 4 is 30.0 Å². The third-order valence-electron chi connectivity index (χ3n) is 4.22. The Kier molecular flexibility index (Phi) is 6.84. The number of halogens is 1. The van der Waals surface area contributed by atoms with E-state index in [0.29, 0.717) is 17.8 Å². The second kappa shape index (κ2) is 8.15. The normalized spacial score (nSPS) is 20.1. The van der Waals surface area contributed by atoms with E-state index in [1.54, 1.807) is 6.07 Å². The van der Waals surface area contributed by atoms with E-state index in [2.05, 4.69) is 5.32 Å². The number of ether oxygens (including phenoxy) is 1. The molecule has 1 aromatic rings. The molecule has 1 aromatic carbocycles. The fraction of sp³-hybridized carbons (Fsp3) is 0.500. The van der Waals surface area contributed by atoms with Crippen molar-refractivity contribution in [2.75, 3.05) is 19.0 Å². The zero-order valence-corrected chi connectivity index (χ0v) is 13.7. The van der Waals surface area contributed by atoms with Gasteiger partial charge in [-0.1, -0.05) is 18.6 Å². The highest BCUT2D eigenvalue weighted by Crippen LogP contribution is 2.32. The Balaban J connectivity index is 0.00000242. The van der Waals surface area contributed by atoms with Crippen LogP contribution in [0.25, 0.3) is 0 Å². The monoisotopic (exact) mass is 326 g/mol. The lowest BCUT2D eigenvalue weighted by Crippen LogP contribution is -2.30. The first-order valence-electron chi connectivity index (χ1n) is 7.27. The highest BCUT2D eigenvalue weighted by Gasteiger charge is 2.32. The van der Waals surface area contributed by atoms with Gasteiger partial charge in [0.1, 0.15) is 0 Å². The number of aryl methyl sites for hydroxylation is 1. The van der Waals surface area contributed by atoms with Crippen molar-refractivity contribution in [1.82, 2.24) is 0 Å². The van der Waals surface area contributed by atoms with Crippen LogP contribution in [0.4, 0.5) is 5.69 Å². The van der Waals surface area contributed by atoms with E-state index < -0.39 is 5.97 Å². The van der Waals surface area contributed by atoms with Gasteiger partial charge in [0.2, 0.25) is 5.91 Å². The van der Waals surface area contributed by atoms with Gasteiger partial charge >= 0.3 is 5.97 Å². The summed E-state index contributed by atoms with van der Waals surface area (Å²) in [5.41, 5.74) is 7.43. The summed E-state index contributed by atoms with van der Waals surface area (Å²) < 4.78 is 4.80. The summed E-state index contributed by atoms with van der Waals surface area (Å²) in [6, 6.07) is 5.36. The van der Waals surface area contributed by atoms with E-state index in [-0.39, 0.29) is 30.2 Å². The first kappa shape index (κ1) is 18.5. The second-order valence-corrected chi connectivity index (χ2v) is 5.51. The maximum absolute atomic E-state index is 12.4. The molecular weight excluding hydrogens is 304 g/mol. The Morgan fingerprint density at radius 1 is 1.36 bits per heavy atom. The summed E-state index contributed by atoms with van der Waals surface area (Å²) in [5, 5.41) is 2.88. The molecule has 0 saturated heterocycles. The third-order valence-corrected chi connectivity index (χ3v) is 4.22. The molecule has 3 N–H and O–H groups in total. The van der Waals surface area contributed by atoms with Gasteiger partial charge < -0.3 is 15.8 Å². The van der Waals surface area contributed by atoms with Crippen molar-refractivity contribution in [3.63, 3.8) is 0 Å². The van der Waals surface area contributed by atoms with Gasteiger partial charge in [0.05, 0.1) is 18.4 Å². The topological polar surface area (TPSA) is 81.4 Å². The molecule has 0 bridgehead atoms. The highest BCUT2D eigenvalue weighted by molar-refractivity contribution is 6.03. The average molecular weight is 327 g/mol. The Morgan fingerprint density at radius 2 is 2.09 bits per heavy atom. The Hall–Kier alpha value is -1.59. The molecule has 0 spiro atoms. The van der Waals surface area contributed by atoms with Crippen molar-refractivity contribution in [1.29, 1.82) is 0 Å². The van der Waals surface area contributed by atoms with Crippen molar-refractivity contribution in [2.45, 2.75) is 26.2 Å². The molecule has 22 heavy (non-hydrogen) atoms. The predicted molar refractivity (Wildman–Crippen MR) is 88.3 cm³/mol. The summed E-state index contributed by atoms with van der Waals surface area (Å²) in [4.78, 5) is 24.3. The quantitative estimate of drug-likeness (QED) is 0.833. The van der Waals surface area contributed by atoms with Gasteiger partial charge in [-0.15, -0.1) is 12.4 Å². The van der Waals surface area contributed by atoms with Crippen molar-refractivity contribution < 1.29 is 14.3 Å². The zero-order chi connectivity index (χ0) is 15.4. The number of carbonyl (C=O) groups is 2. The van der Waals surface area contributed by atoms with E-state index in [1.165, 1.54) is 7.11 Å². The van der Waals surface area contributed by atoms with Gasteiger partial charge in [-0.25, -0.2) is 4.79 Å². The van der Waals surface area contributed by atoms with Crippen LogP contribution < -0.4 is 11.1 Å². The Bertz CT molecular complexity index is 548. The molecule has 0 radical (unpaired) electrons. The first-order valence-corrected chi connectivity index (χ1v) is 7.27. The van der Waals surface area contributed by atoms with Gasteiger partial charge in [-0.05, 0) is 43.9 Å². The van der Waals surface area contributed by atoms with Crippen molar-refractivity contribution in [3.8, 4) is 0 Å². The van der Waals surface area contributed by atoms with Crippen LogP contribution in [0.1, 0.15) is 35.2 Å². The summed E-state index contributed by atoms with van der Waals surface area (Å²) in [7, 11) is 1.34. The number of esters is 1. The number of benzene rings is 1. The average Bonchev–Trinajstić information content (AvgIpc) is 2.95. The van der Waals surface area contributed by atoms with E-state index >= 15 is 0 Å². The number of methoxy groups -OCH3 is 1. The summed E-state index contributed by atoms with van der Waals surface area (Å²) in [6.45, 7) is 2.34. The van der Waals surface area contributed by atoms with E-state index in [0.717, 1.165) is 24.8 Å². The van der Waals surface area contributed by atoms with E-state index in [9.17, 15) is 9.59 Å². The number of nitrogens with two attached hydrogens (primary N) is 1. The molecule has 1 saturated carbocycles. The second-order valence-electron chi connectivity index (χ2n) is 5.51. The highest BCUT2D eigenvalue weighted by atomic mass is 35.5. The SMILES string of the molecule is COC(=O)c1c(C)cccc1NC(=O)[C@@H]1CCC[C@@H]1CN.Cl. The maximum atomic E-state index is 12.4. The molecule has 1 fully saturated rings. The molecule has 2 rings (SSSR count). The van der Waals surface area contributed by atoms with E-state index in [4.69, 9.17) is 10.5 Å². The molecule has 1 aliphatic carbocycles. The third kappa shape index (κ3) is 3.78. The van der Waals surface area contributed by atoms with Crippen LogP contribution in [0.5, 0.6) is 0 Å². The number of carbonyl (C=O) groups excluding carboxylic acids is 2. The van der Waals surface area contributed by atoms with Crippen molar-refractivity contribution in [2.24, 2.45) is 17.6 Å².